The molecule has 0 amide bonds. The van der Waals surface area contributed by atoms with Gasteiger partial charge in [-0.15, -0.1) is 0 Å². The largest absolute Gasteiger partial charge is 0.379 e. The first kappa shape index (κ1) is 10.4. The Morgan fingerprint density at radius 2 is 2.00 bits per heavy atom. The molecule has 2 rings (SSSR count). The fourth-order valence-corrected chi connectivity index (χ4v) is 2.50. The first-order valence-electron chi connectivity index (χ1n) is 5.75. The van der Waals surface area contributed by atoms with E-state index in [1.807, 2.05) is 0 Å². The Hall–Kier alpha value is -0.120. The van der Waals surface area contributed by atoms with E-state index in [0.717, 1.165) is 26.3 Å². The molecule has 1 aliphatic heterocycles. The third-order valence-corrected chi connectivity index (χ3v) is 3.34. The van der Waals surface area contributed by atoms with E-state index in [1.54, 1.807) is 0 Å². The Labute approximate surface area is 86.8 Å². The first-order chi connectivity index (χ1) is 6.66. The van der Waals surface area contributed by atoms with Crippen molar-refractivity contribution in [1.29, 1.82) is 0 Å². The molecular formula is C11H22N2O. The van der Waals surface area contributed by atoms with Crippen molar-refractivity contribution in [3.8, 4) is 0 Å². The highest BCUT2D eigenvalue weighted by atomic mass is 16.5. The molecule has 0 aromatic rings. The van der Waals surface area contributed by atoms with E-state index in [4.69, 9.17) is 4.74 Å². The van der Waals surface area contributed by atoms with Crippen LogP contribution in [0.4, 0.5) is 0 Å². The fourth-order valence-electron chi connectivity index (χ4n) is 2.50. The summed E-state index contributed by atoms with van der Waals surface area (Å²) in [6.45, 7) is 8.57. The Kier molecular flexibility index (Phi) is 3.10. The highest BCUT2D eigenvalue weighted by molar-refractivity contribution is 4.85. The van der Waals surface area contributed by atoms with Gasteiger partial charge in [-0.25, -0.2) is 5.01 Å². The number of nitrogens with zero attached hydrogens (tertiary/aromatic N) is 1. The highest BCUT2D eigenvalue weighted by Crippen LogP contribution is 2.36. The molecule has 1 unspecified atom stereocenters. The van der Waals surface area contributed by atoms with Gasteiger partial charge >= 0.3 is 0 Å². The maximum absolute atomic E-state index is 5.32. The minimum Gasteiger partial charge on any atom is -0.379 e. The van der Waals surface area contributed by atoms with Gasteiger partial charge in [0.15, 0.2) is 0 Å². The predicted octanol–water partition coefficient (Wildman–Crippen LogP) is 1.40. The van der Waals surface area contributed by atoms with Gasteiger partial charge in [-0.3, -0.25) is 5.43 Å². The van der Waals surface area contributed by atoms with Gasteiger partial charge in [0, 0.05) is 19.1 Å². The molecule has 0 aromatic carbocycles. The monoisotopic (exact) mass is 198 g/mol. The molecule has 0 aromatic heterocycles. The predicted molar refractivity (Wildman–Crippen MR) is 56.9 cm³/mol. The van der Waals surface area contributed by atoms with Crippen LogP contribution in [0, 0.1) is 5.41 Å². The van der Waals surface area contributed by atoms with Gasteiger partial charge in [0.25, 0.3) is 0 Å². The summed E-state index contributed by atoms with van der Waals surface area (Å²) in [5.74, 6) is 0. The van der Waals surface area contributed by atoms with Crippen LogP contribution in [-0.2, 0) is 4.74 Å². The molecule has 3 heteroatoms. The molecule has 0 radical (unpaired) electrons. The van der Waals surface area contributed by atoms with E-state index in [-0.39, 0.29) is 0 Å². The normalized spacial score (nSPS) is 33.4. The van der Waals surface area contributed by atoms with Crippen molar-refractivity contribution in [3.05, 3.63) is 0 Å². The van der Waals surface area contributed by atoms with Gasteiger partial charge in [-0.05, 0) is 24.7 Å². The van der Waals surface area contributed by atoms with Crippen LogP contribution >= 0.6 is 0 Å². The molecular weight excluding hydrogens is 176 g/mol. The number of hydrazine groups is 1. The fraction of sp³-hybridized carbons (Fsp3) is 1.00. The number of morpholine rings is 1. The molecule has 0 spiro atoms. The minimum atomic E-state index is 0.546. The summed E-state index contributed by atoms with van der Waals surface area (Å²) in [4.78, 5) is 0. The molecule has 2 aliphatic rings. The van der Waals surface area contributed by atoms with Crippen LogP contribution in [0.5, 0.6) is 0 Å². The average molecular weight is 198 g/mol. The number of ether oxygens (including phenoxy) is 1. The molecule has 1 saturated heterocycles. The van der Waals surface area contributed by atoms with E-state index in [9.17, 15) is 0 Å². The zero-order valence-corrected chi connectivity index (χ0v) is 9.38. The van der Waals surface area contributed by atoms with Crippen molar-refractivity contribution in [2.45, 2.75) is 39.2 Å². The summed E-state index contributed by atoms with van der Waals surface area (Å²) in [7, 11) is 0. The molecule has 1 atom stereocenters. The van der Waals surface area contributed by atoms with E-state index in [2.05, 4.69) is 24.3 Å². The number of rotatable bonds is 2. The van der Waals surface area contributed by atoms with Crippen molar-refractivity contribution in [2.24, 2.45) is 5.41 Å². The molecule has 1 saturated carbocycles. The number of nitrogens with one attached hydrogen (secondary N) is 1. The quantitative estimate of drug-likeness (QED) is 0.726. The van der Waals surface area contributed by atoms with E-state index >= 15 is 0 Å². The Morgan fingerprint density at radius 3 is 2.57 bits per heavy atom. The minimum absolute atomic E-state index is 0.546. The number of hydrogen-bond acceptors (Lipinski definition) is 3. The molecule has 0 bridgehead atoms. The van der Waals surface area contributed by atoms with E-state index in [0.29, 0.717) is 11.5 Å². The van der Waals surface area contributed by atoms with Crippen LogP contribution in [-0.4, -0.2) is 37.4 Å². The lowest BCUT2D eigenvalue weighted by atomic mass is 9.92. The summed E-state index contributed by atoms with van der Waals surface area (Å²) < 4.78 is 5.32. The van der Waals surface area contributed by atoms with Crippen molar-refractivity contribution in [2.75, 3.05) is 26.3 Å². The summed E-state index contributed by atoms with van der Waals surface area (Å²) in [5, 5.41) is 2.33. The summed E-state index contributed by atoms with van der Waals surface area (Å²) in [6, 6.07) is 0.697. The number of hydrogen-bond donors (Lipinski definition) is 1. The van der Waals surface area contributed by atoms with Crippen LogP contribution in [0.1, 0.15) is 33.1 Å². The lowest BCUT2D eigenvalue weighted by molar-refractivity contribution is 0.00342. The van der Waals surface area contributed by atoms with Crippen LogP contribution < -0.4 is 5.43 Å². The van der Waals surface area contributed by atoms with Crippen molar-refractivity contribution in [3.63, 3.8) is 0 Å². The third-order valence-electron chi connectivity index (χ3n) is 3.34. The molecule has 1 heterocycles. The van der Waals surface area contributed by atoms with Crippen molar-refractivity contribution < 1.29 is 4.74 Å². The molecule has 1 aliphatic carbocycles. The molecule has 3 nitrogen and oxygen atoms in total. The summed E-state index contributed by atoms with van der Waals surface area (Å²) in [5.41, 5.74) is 4.17. The third kappa shape index (κ3) is 2.69. The topological polar surface area (TPSA) is 24.5 Å². The second-order valence-corrected chi connectivity index (χ2v) is 5.33. The molecule has 14 heavy (non-hydrogen) atoms. The smallest absolute Gasteiger partial charge is 0.0608 e. The second-order valence-electron chi connectivity index (χ2n) is 5.33. The second kappa shape index (κ2) is 4.17. The Morgan fingerprint density at radius 1 is 1.29 bits per heavy atom. The average Bonchev–Trinajstić information content (AvgIpc) is 2.47. The van der Waals surface area contributed by atoms with Gasteiger partial charge in [0.2, 0.25) is 0 Å². The molecule has 82 valence electrons. The summed E-state index contributed by atoms with van der Waals surface area (Å²) in [6.07, 6.45) is 3.99. The summed E-state index contributed by atoms with van der Waals surface area (Å²) >= 11 is 0. The van der Waals surface area contributed by atoms with Crippen LogP contribution in [0.3, 0.4) is 0 Å². The van der Waals surface area contributed by atoms with Gasteiger partial charge in [-0.1, -0.05) is 13.8 Å². The van der Waals surface area contributed by atoms with Crippen molar-refractivity contribution in [1.82, 2.24) is 10.4 Å². The van der Waals surface area contributed by atoms with Crippen LogP contribution in [0.25, 0.3) is 0 Å². The zero-order valence-electron chi connectivity index (χ0n) is 9.38. The van der Waals surface area contributed by atoms with Gasteiger partial charge in [0.05, 0.1) is 13.2 Å². The van der Waals surface area contributed by atoms with Gasteiger partial charge < -0.3 is 4.74 Å². The van der Waals surface area contributed by atoms with Crippen LogP contribution in [0.15, 0.2) is 0 Å². The lowest BCUT2D eigenvalue weighted by Gasteiger charge is -2.30. The van der Waals surface area contributed by atoms with Crippen molar-refractivity contribution >= 4 is 0 Å². The van der Waals surface area contributed by atoms with Gasteiger partial charge in [-0.2, -0.15) is 0 Å². The maximum atomic E-state index is 5.32. The Balaban J connectivity index is 1.75. The Bertz CT molecular complexity index is 188. The molecule has 1 N–H and O–H groups in total. The maximum Gasteiger partial charge on any atom is 0.0608 e. The van der Waals surface area contributed by atoms with E-state index in [1.165, 1.54) is 19.3 Å². The first-order valence-corrected chi connectivity index (χ1v) is 5.75. The SMILES string of the molecule is CC1(C)CCC(NN2CCOCC2)C1. The zero-order chi connectivity index (χ0) is 10.0. The highest BCUT2D eigenvalue weighted by Gasteiger charge is 2.31. The van der Waals surface area contributed by atoms with Gasteiger partial charge in [0.1, 0.15) is 0 Å². The standard InChI is InChI=1S/C11H22N2O/c1-11(2)4-3-10(9-11)12-13-5-7-14-8-6-13/h10,12H,3-9H2,1-2H3. The molecule has 2 fully saturated rings. The van der Waals surface area contributed by atoms with Crippen LogP contribution in [0.2, 0.25) is 0 Å². The lowest BCUT2D eigenvalue weighted by Crippen LogP contribution is -2.49. The van der Waals surface area contributed by atoms with E-state index < -0.39 is 0 Å².